The van der Waals surface area contributed by atoms with Crippen LogP contribution in [0.4, 0.5) is 0 Å². The fourth-order valence-corrected chi connectivity index (χ4v) is 5.12. The summed E-state index contributed by atoms with van der Waals surface area (Å²) < 4.78 is 10.1. The van der Waals surface area contributed by atoms with Gasteiger partial charge in [-0.25, -0.2) is 0 Å². The van der Waals surface area contributed by atoms with E-state index in [1.807, 2.05) is 0 Å². The number of hydrogen-bond donors (Lipinski definition) is 2. The lowest BCUT2D eigenvalue weighted by Gasteiger charge is -2.29. The lowest BCUT2D eigenvalue weighted by Crippen LogP contribution is -2.29. The van der Waals surface area contributed by atoms with Crippen LogP contribution < -0.4 is 9.61 Å². The van der Waals surface area contributed by atoms with Crippen molar-refractivity contribution in [3.05, 3.63) is 38.3 Å². The van der Waals surface area contributed by atoms with Gasteiger partial charge in [0.15, 0.2) is 11.5 Å². The van der Waals surface area contributed by atoms with E-state index in [0.29, 0.717) is 11.5 Å². The third kappa shape index (κ3) is 2.84. The molecule has 2 atom stereocenters. The molecule has 2 heterocycles. The largest absolute Gasteiger partial charge is 0.504 e. The van der Waals surface area contributed by atoms with E-state index >= 15 is 0 Å². The number of thioether (sulfide) groups is 1. The monoisotopic (exact) mass is 353 g/mol. The number of aromatic nitrogens is 1. The maximum atomic E-state index is 12.2. The SMILES string of the molecule is COC(=O)[C@@H]1CSc2[nH]c(=O)sc2[C@@H]1c1ccc(O)c(OC)c1. The molecule has 2 aromatic rings. The van der Waals surface area contributed by atoms with Crippen molar-refractivity contribution >= 4 is 29.1 Å². The predicted octanol–water partition coefficient (Wildman–Crippen LogP) is 2.18. The second-order valence-electron chi connectivity index (χ2n) is 5.06. The number of nitrogens with one attached hydrogen (secondary N) is 1. The van der Waals surface area contributed by atoms with E-state index in [2.05, 4.69) is 4.98 Å². The van der Waals surface area contributed by atoms with Crippen LogP contribution in [0.15, 0.2) is 28.0 Å². The number of benzene rings is 1. The second-order valence-corrected chi connectivity index (χ2v) is 7.10. The molecular weight excluding hydrogens is 338 g/mol. The Morgan fingerprint density at radius 3 is 2.87 bits per heavy atom. The summed E-state index contributed by atoms with van der Waals surface area (Å²) in [6.45, 7) is 0. The molecule has 122 valence electrons. The van der Waals surface area contributed by atoms with Crippen LogP contribution in [0, 0.1) is 5.92 Å². The van der Waals surface area contributed by atoms with E-state index in [-0.39, 0.29) is 22.5 Å². The number of hydrogen-bond acceptors (Lipinski definition) is 7. The van der Waals surface area contributed by atoms with Crippen molar-refractivity contribution in [3.8, 4) is 11.5 Å². The number of thiazole rings is 1. The number of H-pyrrole nitrogens is 1. The second kappa shape index (κ2) is 6.29. The summed E-state index contributed by atoms with van der Waals surface area (Å²) in [6, 6.07) is 4.96. The molecule has 3 rings (SSSR count). The van der Waals surface area contributed by atoms with Gasteiger partial charge in [0.2, 0.25) is 0 Å². The van der Waals surface area contributed by atoms with Crippen LogP contribution >= 0.6 is 23.1 Å². The summed E-state index contributed by atoms with van der Waals surface area (Å²) in [5.74, 6) is -0.163. The minimum Gasteiger partial charge on any atom is -0.504 e. The smallest absolute Gasteiger partial charge is 0.310 e. The molecule has 0 saturated heterocycles. The Hall–Kier alpha value is -1.93. The molecule has 1 aliphatic rings. The van der Waals surface area contributed by atoms with Gasteiger partial charge in [-0.05, 0) is 17.7 Å². The molecule has 0 spiro atoms. The van der Waals surface area contributed by atoms with E-state index < -0.39 is 5.92 Å². The highest BCUT2D eigenvalue weighted by atomic mass is 32.2. The molecule has 0 saturated carbocycles. The Bertz CT molecular complexity index is 797. The average molecular weight is 353 g/mol. The quantitative estimate of drug-likeness (QED) is 0.822. The lowest BCUT2D eigenvalue weighted by atomic mass is 9.85. The van der Waals surface area contributed by atoms with Gasteiger partial charge in [0.05, 0.1) is 25.2 Å². The molecule has 2 N–H and O–H groups in total. The zero-order valence-corrected chi connectivity index (χ0v) is 14.1. The van der Waals surface area contributed by atoms with Gasteiger partial charge in [0.1, 0.15) is 0 Å². The normalized spacial score (nSPS) is 19.9. The maximum Gasteiger partial charge on any atom is 0.310 e. The van der Waals surface area contributed by atoms with Gasteiger partial charge in [-0.1, -0.05) is 17.4 Å². The van der Waals surface area contributed by atoms with Crippen molar-refractivity contribution in [2.45, 2.75) is 10.9 Å². The zero-order chi connectivity index (χ0) is 16.6. The average Bonchev–Trinajstić information content (AvgIpc) is 2.94. The fraction of sp³-hybridized carbons (Fsp3) is 0.333. The highest BCUT2D eigenvalue weighted by Gasteiger charge is 2.39. The van der Waals surface area contributed by atoms with Crippen LogP contribution in [0.2, 0.25) is 0 Å². The lowest BCUT2D eigenvalue weighted by molar-refractivity contribution is -0.145. The van der Waals surface area contributed by atoms with Gasteiger partial charge in [-0.15, -0.1) is 11.8 Å². The number of carbonyl (C=O) groups is 1. The van der Waals surface area contributed by atoms with Crippen molar-refractivity contribution < 1.29 is 19.4 Å². The molecule has 0 fully saturated rings. The van der Waals surface area contributed by atoms with Crippen molar-refractivity contribution in [2.75, 3.05) is 20.0 Å². The number of methoxy groups -OCH3 is 2. The van der Waals surface area contributed by atoms with E-state index in [1.54, 1.807) is 12.1 Å². The van der Waals surface area contributed by atoms with Gasteiger partial charge in [-0.2, -0.15) is 0 Å². The first-order valence-corrected chi connectivity index (χ1v) is 8.66. The summed E-state index contributed by atoms with van der Waals surface area (Å²) in [6.07, 6.45) is 0. The van der Waals surface area contributed by atoms with Crippen LogP contribution in [0.25, 0.3) is 0 Å². The Morgan fingerprint density at radius 2 is 2.17 bits per heavy atom. The third-order valence-electron chi connectivity index (χ3n) is 3.80. The maximum absolute atomic E-state index is 12.2. The van der Waals surface area contributed by atoms with Crippen LogP contribution in [-0.4, -0.2) is 36.0 Å². The summed E-state index contributed by atoms with van der Waals surface area (Å²) in [5.41, 5.74) is 0.798. The van der Waals surface area contributed by atoms with E-state index in [9.17, 15) is 14.7 Å². The van der Waals surface area contributed by atoms with Crippen LogP contribution in [-0.2, 0) is 9.53 Å². The van der Waals surface area contributed by atoms with Crippen molar-refractivity contribution in [1.29, 1.82) is 0 Å². The van der Waals surface area contributed by atoms with Gasteiger partial charge < -0.3 is 19.6 Å². The fourth-order valence-electron chi connectivity index (χ4n) is 2.72. The number of phenols is 1. The number of rotatable bonds is 3. The molecule has 23 heavy (non-hydrogen) atoms. The number of fused-ring (bicyclic) bond motifs is 1. The van der Waals surface area contributed by atoms with Crippen molar-refractivity contribution in [2.24, 2.45) is 5.92 Å². The summed E-state index contributed by atoms with van der Waals surface area (Å²) in [4.78, 5) is 27.4. The Balaban J connectivity index is 2.14. The zero-order valence-electron chi connectivity index (χ0n) is 12.5. The molecule has 1 aromatic carbocycles. The number of ether oxygens (including phenoxy) is 2. The summed E-state index contributed by atoms with van der Waals surface area (Å²) >= 11 is 2.55. The van der Waals surface area contributed by atoms with Crippen molar-refractivity contribution in [1.82, 2.24) is 4.98 Å². The Morgan fingerprint density at radius 1 is 1.39 bits per heavy atom. The van der Waals surface area contributed by atoms with E-state index in [0.717, 1.165) is 26.8 Å². The Labute approximate surface area is 140 Å². The number of phenolic OH excluding ortho intramolecular Hbond substituents is 1. The summed E-state index contributed by atoms with van der Waals surface area (Å²) in [7, 11) is 2.82. The first-order chi connectivity index (χ1) is 11.0. The first-order valence-electron chi connectivity index (χ1n) is 6.85. The molecule has 8 heteroatoms. The number of aromatic hydroxyl groups is 1. The van der Waals surface area contributed by atoms with Crippen LogP contribution in [0.1, 0.15) is 16.4 Å². The first kappa shape index (κ1) is 15.9. The van der Waals surface area contributed by atoms with Crippen LogP contribution in [0.3, 0.4) is 0 Å². The molecule has 0 radical (unpaired) electrons. The number of aromatic amines is 1. The topological polar surface area (TPSA) is 88.6 Å². The minimum absolute atomic E-state index is 0.0264. The molecule has 0 aliphatic carbocycles. The van der Waals surface area contributed by atoms with Gasteiger partial charge in [-0.3, -0.25) is 9.59 Å². The molecule has 1 aromatic heterocycles. The van der Waals surface area contributed by atoms with Gasteiger partial charge in [0.25, 0.3) is 0 Å². The highest BCUT2D eigenvalue weighted by Crippen LogP contribution is 2.46. The molecule has 1 aliphatic heterocycles. The Kier molecular flexibility index (Phi) is 4.36. The third-order valence-corrected chi connectivity index (χ3v) is 6.03. The molecule has 0 unspecified atom stereocenters. The molecule has 0 bridgehead atoms. The minimum atomic E-state index is -0.404. The van der Waals surface area contributed by atoms with Gasteiger partial charge >= 0.3 is 10.8 Å². The standard InChI is InChI=1S/C15H15NO5S2/c1-20-10-5-7(3-4-9(10)17)11-8(14(18)21-2)6-22-13-12(11)23-15(19)16-13/h3-5,8,11,17H,6H2,1-2H3,(H,16,19)/t8-,11-/m1/s1. The van der Waals surface area contributed by atoms with Crippen molar-refractivity contribution in [3.63, 3.8) is 0 Å². The highest BCUT2D eigenvalue weighted by molar-refractivity contribution is 7.99. The van der Waals surface area contributed by atoms with E-state index in [1.165, 1.54) is 32.0 Å². The number of carbonyl (C=O) groups excluding carboxylic acids is 1. The molecular formula is C15H15NO5S2. The molecule has 0 amide bonds. The van der Waals surface area contributed by atoms with Crippen LogP contribution in [0.5, 0.6) is 11.5 Å². The number of esters is 1. The summed E-state index contributed by atoms with van der Waals surface area (Å²) in [5, 5.41) is 10.6. The predicted molar refractivity (Wildman–Crippen MR) is 87.7 cm³/mol. The van der Waals surface area contributed by atoms with Gasteiger partial charge in [0, 0.05) is 16.5 Å². The molecule has 6 nitrogen and oxygen atoms in total. The van der Waals surface area contributed by atoms with E-state index in [4.69, 9.17) is 9.47 Å².